The number of aryl methyl sites for hydroxylation is 2. The van der Waals surface area contributed by atoms with Gasteiger partial charge in [0.1, 0.15) is 0 Å². The molecule has 3 nitrogen and oxygen atoms in total. The van der Waals surface area contributed by atoms with Crippen LogP contribution in [0.15, 0.2) is 24.4 Å². The third-order valence-electron chi connectivity index (χ3n) is 3.70. The zero-order valence-electron chi connectivity index (χ0n) is 12.4. The first kappa shape index (κ1) is 16.3. The van der Waals surface area contributed by atoms with Crippen molar-refractivity contribution in [1.82, 2.24) is 15.5 Å². The number of rotatable bonds is 7. The Bertz CT molecular complexity index is 581. The van der Waals surface area contributed by atoms with Gasteiger partial charge in [0.05, 0.1) is 16.2 Å². The lowest BCUT2D eigenvalue weighted by Crippen LogP contribution is -2.22. The highest BCUT2D eigenvalue weighted by molar-refractivity contribution is 6.42. The number of hydrogen-bond acceptors (Lipinski definition) is 2. The fourth-order valence-electron chi connectivity index (χ4n) is 2.41. The predicted molar refractivity (Wildman–Crippen MR) is 89.1 cm³/mol. The van der Waals surface area contributed by atoms with Crippen LogP contribution in [0.3, 0.4) is 0 Å². The average molecular weight is 326 g/mol. The van der Waals surface area contributed by atoms with Gasteiger partial charge in [0.15, 0.2) is 0 Å². The van der Waals surface area contributed by atoms with Crippen LogP contribution in [0.5, 0.6) is 0 Å². The summed E-state index contributed by atoms with van der Waals surface area (Å²) < 4.78 is 0. The standard InChI is InChI=1S/C16H21Cl2N3/c1-3-16(12-6-7-14(17)15(18)9-12)19-8-4-5-13-10-20-21-11(13)2/h6-7,9-10,16,19H,3-5,8H2,1-2H3,(H,20,21). The van der Waals surface area contributed by atoms with E-state index < -0.39 is 0 Å². The van der Waals surface area contributed by atoms with Gasteiger partial charge in [0.25, 0.3) is 0 Å². The highest BCUT2D eigenvalue weighted by Crippen LogP contribution is 2.26. The Hall–Kier alpha value is -1.03. The van der Waals surface area contributed by atoms with Gasteiger partial charge in [-0.3, -0.25) is 5.10 Å². The fourth-order valence-corrected chi connectivity index (χ4v) is 2.72. The summed E-state index contributed by atoms with van der Waals surface area (Å²) in [5.74, 6) is 0. The Kier molecular flexibility index (Phi) is 6.09. The minimum absolute atomic E-state index is 0.310. The smallest absolute Gasteiger partial charge is 0.0595 e. The quantitative estimate of drug-likeness (QED) is 0.724. The number of hydrogen-bond donors (Lipinski definition) is 2. The van der Waals surface area contributed by atoms with Gasteiger partial charge >= 0.3 is 0 Å². The first-order valence-electron chi connectivity index (χ1n) is 7.29. The van der Waals surface area contributed by atoms with Gasteiger partial charge in [-0.2, -0.15) is 5.10 Å². The average Bonchev–Trinajstić information content (AvgIpc) is 2.88. The molecule has 0 aliphatic heterocycles. The number of aromatic amines is 1. The summed E-state index contributed by atoms with van der Waals surface area (Å²) in [6.45, 7) is 5.18. The molecule has 1 heterocycles. The molecule has 1 unspecified atom stereocenters. The molecular weight excluding hydrogens is 305 g/mol. The summed E-state index contributed by atoms with van der Waals surface area (Å²) in [5.41, 5.74) is 3.64. The van der Waals surface area contributed by atoms with E-state index in [1.165, 1.54) is 11.1 Å². The van der Waals surface area contributed by atoms with Crippen LogP contribution in [0.2, 0.25) is 10.0 Å². The lowest BCUT2D eigenvalue weighted by molar-refractivity contribution is 0.510. The monoisotopic (exact) mass is 325 g/mol. The molecule has 2 N–H and O–H groups in total. The Morgan fingerprint density at radius 2 is 2.10 bits per heavy atom. The maximum absolute atomic E-state index is 6.09. The first-order chi connectivity index (χ1) is 10.1. The number of nitrogens with one attached hydrogen (secondary N) is 2. The highest BCUT2D eigenvalue weighted by Gasteiger charge is 2.10. The van der Waals surface area contributed by atoms with Gasteiger partial charge in [-0.15, -0.1) is 0 Å². The third kappa shape index (κ3) is 4.47. The number of H-pyrrole nitrogens is 1. The summed E-state index contributed by atoms with van der Waals surface area (Å²) in [6.07, 6.45) is 5.04. The van der Waals surface area contributed by atoms with Crippen molar-refractivity contribution in [2.75, 3.05) is 6.54 Å². The molecule has 1 aromatic heterocycles. The topological polar surface area (TPSA) is 40.7 Å². The first-order valence-corrected chi connectivity index (χ1v) is 8.04. The van der Waals surface area contributed by atoms with Crippen LogP contribution in [-0.4, -0.2) is 16.7 Å². The number of nitrogens with zero attached hydrogens (tertiary/aromatic N) is 1. The lowest BCUT2D eigenvalue weighted by atomic mass is 10.0. The van der Waals surface area contributed by atoms with E-state index in [9.17, 15) is 0 Å². The SMILES string of the molecule is CCC(NCCCc1cn[nH]c1C)c1ccc(Cl)c(Cl)c1. The highest BCUT2D eigenvalue weighted by atomic mass is 35.5. The van der Waals surface area contributed by atoms with Crippen LogP contribution in [-0.2, 0) is 6.42 Å². The molecule has 114 valence electrons. The predicted octanol–water partition coefficient (Wildman–Crippen LogP) is 4.70. The number of halogens is 2. The molecule has 0 saturated carbocycles. The van der Waals surface area contributed by atoms with Crippen molar-refractivity contribution in [3.05, 3.63) is 51.3 Å². The molecule has 1 aromatic carbocycles. The van der Waals surface area contributed by atoms with Crippen LogP contribution in [0.25, 0.3) is 0 Å². The molecule has 0 aliphatic carbocycles. The Morgan fingerprint density at radius 3 is 2.71 bits per heavy atom. The van der Waals surface area contributed by atoms with Crippen LogP contribution in [0, 0.1) is 6.92 Å². The fraction of sp³-hybridized carbons (Fsp3) is 0.438. The van der Waals surface area contributed by atoms with E-state index in [0.717, 1.165) is 31.5 Å². The van der Waals surface area contributed by atoms with Gasteiger partial charge in [-0.25, -0.2) is 0 Å². The van der Waals surface area contributed by atoms with E-state index >= 15 is 0 Å². The molecule has 0 bridgehead atoms. The largest absolute Gasteiger partial charge is 0.310 e. The van der Waals surface area contributed by atoms with Gasteiger partial charge in [0.2, 0.25) is 0 Å². The van der Waals surface area contributed by atoms with E-state index in [1.807, 2.05) is 24.4 Å². The molecule has 0 radical (unpaired) electrons. The van der Waals surface area contributed by atoms with E-state index in [4.69, 9.17) is 23.2 Å². The van der Waals surface area contributed by atoms with Crippen molar-refractivity contribution in [2.45, 2.75) is 39.2 Å². The van der Waals surface area contributed by atoms with E-state index in [-0.39, 0.29) is 0 Å². The van der Waals surface area contributed by atoms with Gasteiger partial charge in [0, 0.05) is 11.7 Å². The van der Waals surface area contributed by atoms with E-state index in [2.05, 4.69) is 29.4 Å². The molecule has 0 saturated heterocycles. The van der Waals surface area contributed by atoms with Gasteiger partial charge < -0.3 is 5.32 Å². The maximum Gasteiger partial charge on any atom is 0.0595 e. The zero-order chi connectivity index (χ0) is 15.2. The molecule has 21 heavy (non-hydrogen) atoms. The van der Waals surface area contributed by atoms with Crippen LogP contribution in [0.1, 0.15) is 42.6 Å². The second-order valence-electron chi connectivity index (χ2n) is 5.21. The van der Waals surface area contributed by atoms with Gasteiger partial charge in [-0.05, 0) is 56.0 Å². The van der Waals surface area contributed by atoms with Crippen molar-refractivity contribution in [3.8, 4) is 0 Å². The van der Waals surface area contributed by atoms with Crippen molar-refractivity contribution >= 4 is 23.2 Å². The Morgan fingerprint density at radius 1 is 1.29 bits per heavy atom. The molecule has 0 aliphatic rings. The number of benzene rings is 1. The summed E-state index contributed by atoms with van der Waals surface area (Å²) >= 11 is 12.1. The van der Waals surface area contributed by atoms with Gasteiger partial charge in [-0.1, -0.05) is 36.2 Å². The Labute approximate surface area is 136 Å². The molecular formula is C16H21Cl2N3. The normalized spacial score (nSPS) is 12.6. The molecule has 5 heteroatoms. The molecule has 0 fully saturated rings. The summed E-state index contributed by atoms with van der Waals surface area (Å²) in [6, 6.07) is 6.16. The van der Waals surface area contributed by atoms with Crippen LogP contribution >= 0.6 is 23.2 Å². The molecule has 0 amide bonds. The minimum Gasteiger partial charge on any atom is -0.310 e. The van der Waals surface area contributed by atoms with E-state index in [0.29, 0.717) is 16.1 Å². The summed E-state index contributed by atoms with van der Waals surface area (Å²) in [4.78, 5) is 0. The summed E-state index contributed by atoms with van der Waals surface area (Å²) in [7, 11) is 0. The Balaban J connectivity index is 1.85. The van der Waals surface area contributed by atoms with Crippen LogP contribution < -0.4 is 5.32 Å². The van der Waals surface area contributed by atoms with E-state index in [1.54, 1.807) is 0 Å². The summed E-state index contributed by atoms with van der Waals surface area (Å²) in [5, 5.41) is 11.8. The van der Waals surface area contributed by atoms with Crippen molar-refractivity contribution in [3.63, 3.8) is 0 Å². The second kappa shape index (κ2) is 7.83. The number of aromatic nitrogens is 2. The zero-order valence-corrected chi connectivity index (χ0v) is 13.9. The van der Waals surface area contributed by atoms with Crippen LogP contribution in [0.4, 0.5) is 0 Å². The van der Waals surface area contributed by atoms with Crippen molar-refractivity contribution in [2.24, 2.45) is 0 Å². The van der Waals surface area contributed by atoms with Crippen molar-refractivity contribution < 1.29 is 0 Å². The minimum atomic E-state index is 0.310. The van der Waals surface area contributed by atoms with Crippen molar-refractivity contribution in [1.29, 1.82) is 0 Å². The molecule has 2 aromatic rings. The molecule has 2 rings (SSSR count). The second-order valence-corrected chi connectivity index (χ2v) is 6.03. The third-order valence-corrected chi connectivity index (χ3v) is 4.44. The molecule has 0 spiro atoms. The molecule has 1 atom stereocenters. The lowest BCUT2D eigenvalue weighted by Gasteiger charge is -2.18. The maximum atomic E-state index is 6.09.